The van der Waals surface area contributed by atoms with E-state index in [2.05, 4.69) is 10.8 Å². The minimum atomic E-state index is -3.35. The summed E-state index contributed by atoms with van der Waals surface area (Å²) in [7, 11) is -3.35. The molecule has 0 spiro atoms. The molecule has 1 saturated heterocycles. The Morgan fingerprint density at radius 1 is 1.36 bits per heavy atom. The second-order valence-corrected chi connectivity index (χ2v) is 7.92. The van der Waals surface area contributed by atoms with Crippen molar-refractivity contribution >= 4 is 10.0 Å². The van der Waals surface area contributed by atoms with Gasteiger partial charge in [0.25, 0.3) is 0 Å². The van der Waals surface area contributed by atoms with Gasteiger partial charge in [0, 0.05) is 18.6 Å². The minimum Gasteiger partial charge on any atom is -0.381 e. The maximum absolute atomic E-state index is 12.5. The van der Waals surface area contributed by atoms with Crippen LogP contribution in [0.2, 0.25) is 0 Å². The van der Waals surface area contributed by atoms with Crippen molar-refractivity contribution in [2.45, 2.75) is 38.0 Å². The Labute approximate surface area is 132 Å². The summed E-state index contributed by atoms with van der Waals surface area (Å²) in [5, 5.41) is 8.39. The van der Waals surface area contributed by atoms with Crippen LogP contribution in [0.4, 0.5) is 0 Å². The number of hydrogen-bond acceptors (Lipinski definition) is 4. The topological polar surface area (TPSA) is 79.2 Å². The Morgan fingerprint density at radius 2 is 2.05 bits per heavy atom. The van der Waals surface area contributed by atoms with E-state index in [1.165, 1.54) is 0 Å². The Kier molecular flexibility index (Phi) is 5.57. The number of nitrogens with zero attached hydrogens (tertiary/aromatic N) is 1. The lowest BCUT2D eigenvalue weighted by molar-refractivity contribution is 0.0569. The van der Waals surface area contributed by atoms with Crippen molar-refractivity contribution < 1.29 is 13.2 Å². The third-order valence-electron chi connectivity index (χ3n) is 3.78. The number of hydrogen-bond donors (Lipinski definition) is 1. The monoisotopic (exact) mass is 322 g/mol. The van der Waals surface area contributed by atoms with Gasteiger partial charge in [-0.15, -0.1) is 0 Å². The SMILES string of the molecule is CC(C)NS(=O)(=O)[C@H]1CCOC[C@@H]1Cc1ccc(C#N)cc1. The van der Waals surface area contributed by atoms with Crippen molar-refractivity contribution in [3.8, 4) is 6.07 Å². The van der Waals surface area contributed by atoms with Crippen LogP contribution in [-0.4, -0.2) is 32.9 Å². The predicted molar refractivity (Wildman–Crippen MR) is 84.8 cm³/mol. The largest absolute Gasteiger partial charge is 0.381 e. The predicted octanol–water partition coefficient (Wildman–Crippen LogP) is 1.83. The number of benzene rings is 1. The highest BCUT2D eigenvalue weighted by atomic mass is 32.2. The number of sulfonamides is 1. The summed E-state index contributed by atoms with van der Waals surface area (Å²) in [4.78, 5) is 0. The molecule has 1 aliphatic rings. The van der Waals surface area contributed by atoms with Crippen molar-refractivity contribution in [2.75, 3.05) is 13.2 Å². The lowest BCUT2D eigenvalue weighted by Crippen LogP contribution is -2.46. The molecular formula is C16H22N2O3S. The summed E-state index contributed by atoms with van der Waals surface area (Å²) in [5.41, 5.74) is 1.63. The summed E-state index contributed by atoms with van der Waals surface area (Å²) >= 11 is 0. The van der Waals surface area contributed by atoms with E-state index >= 15 is 0 Å². The van der Waals surface area contributed by atoms with Crippen LogP contribution in [0.25, 0.3) is 0 Å². The molecule has 5 nitrogen and oxygen atoms in total. The standard InChI is InChI=1S/C16H22N2O3S/c1-12(2)18-22(19,20)16-7-8-21-11-15(16)9-13-3-5-14(10-17)6-4-13/h3-6,12,15-16,18H,7-9,11H2,1-2H3/t15-,16-/m0/s1. The van der Waals surface area contributed by atoms with Crippen LogP contribution in [0.5, 0.6) is 0 Å². The van der Waals surface area contributed by atoms with Gasteiger partial charge in [-0.25, -0.2) is 13.1 Å². The van der Waals surface area contributed by atoms with Gasteiger partial charge in [0.1, 0.15) is 0 Å². The summed E-state index contributed by atoms with van der Waals surface area (Å²) in [6, 6.07) is 9.25. The van der Waals surface area contributed by atoms with E-state index in [-0.39, 0.29) is 12.0 Å². The van der Waals surface area contributed by atoms with E-state index in [1.807, 2.05) is 26.0 Å². The van der Waals surface area contributed by atoms with Gasteiger partial charge in [0.2, 0.25) is 10.0 Å². The van der Waals surface area contributed by atoms with E-state index in [9.17, 15) is 8.42 Å². The van der Waals surface area contributed by atoms with Crippen LogP contribution in [0.3, 0.4) is 0 Å². The van der Waals surface area contributed by atoms with Gasteiger partial charge < -0.3 is 4.74 Å². The van der Waals surface area contributed by atoms with Crippen molar-refractivity contribution in [1.29, 1.82) is 5.26 Å². The summed E-state index contributed by atoms with van der Waals surface area (Å²) in [6.45, 7) is 4.58. The molecule has 120 valence electrons. The maximum atomic E-state index is 12.5. The second-order valence-electron chi connectivity index (χ2n) is 5.99. The molecule has 1 N–H and O–H groups in total. The first kappa shape index (κ1) is 16.9. The van der Waals surface area contributed by atoms with Gasteiger partial charge in [-0.1, -0.05) is 12.1 Å². The van der Waals surface area contributed by atoms with Crippen LogP contribution in [0.1, 0.15) is 31.4 Å². The molecule has 1 aromatic carbocycles. The zero-order valence-electron chi connectivity index (χ0n) is 13.0. The fourth-order valence-corrected chi connectivity index (χ4v) is 4.73. The molecule has 1 aromatic rings. The third-order valence-corrected chi connectivity index (χ3v) is 6.00. The lowest BCUT2D eigenvalue weighted by Gasteiger charge is -2.32. The van der Waals surface area contributed by atoms with Crippen molar-refractivity contribution in [3.05, 3.63) is 35.4 Å². The van der Waals surface area contributed by atoms with Crippen LogP contribution in [0, 0.1) is 17.2 Å². The highest BCUT2D eigenvalue weighted by Gasteiger charge is 2.36. The van der Waals surface area contributed by atoms with Gasteiger partial charge in [-0.05, 0) is 44.4 Å². The summed E-state index contributed by atoms with van der Waals surface area (Å²) in [5.74, 6) is -0.0714. The maximum Gasteiger partial charge on any atom is 0.215 e. The average molecular weight is 322 g/mol. The fraction of sp³-hybridized carbons (Fsp3) is 0.562. The normalized spacial score (nSPS) is 22.5. The Balaban J connectivity index is 2.14. The molecule has 1 fully saturated rings. The smallest absolute Gasteiger partial charge is 0.215 e. The third kappa shape index (κ3) is 4.29. The fourth-order valence-electron chi connectivity index (χ4n) is 2.81. The van der Waals surface area contributed by atoms with Gasteiger partial charge >= 0.3 is 0 Å². The molecule has 0 radical (unpaired) electrons. The number of nitrogens with one attached hydrogen (secondary N) is 1. The first-order valence-electron chi connectivity index (χ1n) is 7.50. The molecule has 2 rings (SSSR count). The van der Waals surface area contributed by atoms with Crippen LogP contribution in [0.15, 0.2) is 24.3 Å². The molecule has 0 saturated carbocycles. The molecule has 6 heteroatoms. The van der Waals surface area contributed by atoms with Gasteiger partial charge in [0.05, 0.1) is 23.5 Å². The van der Waals surface area contributed by atoms with Gasteiger partial charge in [-0.3, -0.25) is 0 Å². The molecule has 0 aliphatic carbocycles. The van der Waals surface area contributed by atoms with E-state index in [1.54, 1.807) is 12.1 Å². The Bertz CT molecular complexity index is 632. The van der Waals surface area contributed by atoms with Crippen LogP contribution >= 0.6 is 0 Å². The van der Waals surface area contributed by atoms with Gasteiger partial charge in [0.15, 0.2) is 0 Å². The average Bonchev–Trinajstić information content (AvgIpc) is 2.47. The van der Waals surface area contributed by atoms with Crippen molar-refractivity contribution in [2.24, 2.45) is 5.92 Å². The first-order chi connectivity index (χ1) is 10.4. The zero-order chi connectivity index (χ0) is 16.2. The molecule has 1 aliphatic heterocycles. The summed E-state index contributed by atoms with van der Waals surface area (Å²) < 4.78 is 33.2. The molecule has 1 heterocycles. The van der Waals surface area contributed by atoms with Crippen molar-refractivity contribution in [1.82, 2.24) is 4.72 Å². The Morgan fingerprint density at radius 3 is 2.64 bits per heavy atom. The molecule has 0 unspecified atom stereocenters. The van der Waals surface area contributed by atoms with E-state index in [4.69, 9.17) is 10.00 Å². The second kappa shape index (κ2) is 7.23. The molecule has 0 aromatic heterocycles. The highest BCUT2D eigenvalue weighted by molar-refractivity contribution is 7.90. The van der Waals surface area contributed by atoms with Crippen LogP contribution < -0.4 is 4.72 Å². The van der Waals surface area contributed by atoms with Crippen LogP contribution in [-0.2, 0) is 21.2 Å². The number of nitriles is 1. The molecular weight excluding hydrogens is 300 g/mol. The first-order valence-corrected chi connectivity index (χ1v) is 9.05. The van der Waals surface area contributed by atoms with E-state index < -0.39 is 15.3 Å². The summed E-state index contributed by atoms with van der Waals surface area (Å²) in [6.07, 6.45) is 1.15. The quantitative estimate of drug-likeness (QED) is 0.897. The van der Waals surface area contributed by atoms with Crippen molar-refractivity contribution in [3.63, 3.8) is 0 Å². The number of rotatable bonds is 5. The van der Waals surface area contributed by atoms with Gasteiger partial charge in [-0.2, -0.15) is 5.26 Å². The zero-order valence-corrected chi connectivity index (χ0v) is 13.8. The van der Waals surface area contributed by atoms with E-state index in [0.29, 0.717) is 31.6 Å². The lowest BCUT2D eigenvalue weighted by atomic mass is 9.93. The Hall–Kier alpha value is -1.42. The highest BCUT2D eigenvalue weighted by Crippen LogP contribution is 2.25. The van der Waals surface area contributed by atoms with E-state index in [0.717, 1.165) is 5.56 Å². The number of ether oxygens (including phenoxy) is 1. The molecule has 0 amide bonds. The molecule has 2 atom stereocenters. The minimum absolute atomic E-state index is 0.0714. The molecule has 22 heavy (non-hydrogen) atoms. The molecule has 0 bridgehead atoms.